The molecular weight excluding hydrogens is 244 g/mol. The minimum Gasteiger partial charge on any atom is -0.444 e. The van der Waals surface area contributed by atoms with Crippen molar-refractivity contribution in [3.05, 3.63) is 0 Å². The van der Waals surface area contributed by atoms with Gasteiger partial charge in [-0.05, 0) is 54.0 Å². The summed E-state index contributed by atoms with van der Waals surface area (Å²) in [5.74, 6) is 0. The summed E-state index contributed by atoms with van der Waals surface area (Å²) in [6.45, 7) is 12.7. The fraction of sp³-hybridized carbons (Fsp3) is 0.929. The second kappa shape index (κ2) is 10.0. The van der Waals surface area contributed by atoms with Crippen LogP contribution in [0.3, 0.4) is 0 Å². The number of hydrogen-bond acceptors (Lipinski definition) is 4. The van der Waals surface area contributed by atoms with Crippen molar-refractivity contribution in [2.24, 2.45) is 0 Å². The summed E-state index contributed by atoms with van der Waals surface area (Å²) in [7, 11) is 0. The van der Waals surface area contributed by atoms with E-state index in [4.69, 9.17) is 9.47 Å². The first-order chi connectivity index (χ1) is 8.81. The standard InChI is InChI=1S/C14H30N2O3/c1-12(2)18-11-7-6-8-15-9-10-16-13(17)19-14(3,4)5/h12,15H,6-11H2,1-5H3,(H,16,17). The first kappa shape index (κ1) is 18.2. The van der Waals surface area contributed by atoms with Crippen molar-refractivity contribution in [2.45, 2.75) is 59.2 Å². The molecule has 0 fully saturated rings. The average molecular weight is 274 g/mol. The Morgan fingerprint density at radius 2 is 1.79 bits per heavy atom. The van der Waals surface area contributed by atoms with Gasteiger partial charge in [0.15, 0.2) is 0 Å². The zero-order valence-corrected chi connectivity index (χ0v) is 13.0. The predicted molar refractivity (Wildman–Crippen MR) is 77.4 cm³/mol. The quantitative estimate of drug-likeness (QED) is 0.633. The van der Waals surface area contributed by atoms with Crippen LogP contribution in [0.15, 0.2) is 0 Å². The number of carbonyl (C=O) groups is 1. The van der Waals surface area contributed by atoms with Crippen LogP contribution in [0, 0.1) is 0 Å². The third-order valence-electron chi connectivity index (χ3n) is 2.17. The normalized spacial score (nSPS) is 11.7. The Hall–Kier alpha value is -0.810. The Morgan fingerprint density at radius 1 is 1.11 bits per heavy atom. The van der Waals surface area contributed by atoms with Gasteiger partial charge >= 0.3 is 6.09 Å². The molecule has 0 spiro atoms. The molecule has 5 heteroatoms. The molecule has 0 aliphatic heterocycles. The molecule has 0 saturated carbocycles. The van der Waals surface area contributed by atoms with Crippen molar-refractivity contribution in [1.82, 2.24) is 10.6 Å². The number of ether oxygens (including phenoxy) is 2. The summed E-state index contributed by atoms with van der Waals surface area (Å²) in [5, 5.41) is 5.97. The SMILES string of the molecule is CC(C)OCCCCNCCNC(=O)OC(C)(C)C. The van der Waals surface area contributed by atoms with Crippen molar-refractivity contribution < 1.29 is 14.3 Å². The Labute approximate surface area is 117 Å². The summed E-state index contributed by atoms with van der Waals surface area (Å²) in [6, 6.07) is 0. The Kier molecular flexibility index (Phi) is 9.61. The van der Waals surface area contributed by atoms with Crippen LogP contribution >= 0.6 is 0 Å². The van der Waals surface area contributed by atoms with E-state index < -0.39 is 5.60 Å². The fourth-order valence-electron chi connectivity index (χ4n) is 1.36. The van der Waals surface area contributed by atoms with Gasteiger partial charge in [-0.2, -0.15) is 0 Å². The third kappa shape index (κ3) is 15.1. The van der Waals surface area contributed by atoms with Gasteiger partial charge in [0.05, 0.1) is 6.10 Å². The van der Waals surface area contributed by atoms with Crippen molar-refractivity contribution in [1.29, 1.82) is 0 Å². The number of unbranched alkanes of at least 4 members (excludes halogenated alkanes) is 1. The maximum atomic E-state index is 11.3. The molecule has 5 nitrogen and oxygen atoms in total. The molecule has 0 aromatic heterocycles. The van der Waals surface area contributed by atoms with E-state index in [2.05, 4.69) is 10.6 Å². The molecule has 0 unspecified atom stereocenters. The van der Waals surface area contributed by atoms with Crippen LogP contribution in [0.25, 0.3) is 0 Å². The lowest BCUT2D eigenvalue weighted by atomic mass is 10.2. The maximum Gasteiger partial charge on any atom is 0.407 e. The highest BCUT2D eigenvalue weighted by molar-refractivity contribution is 5.67. The van der Waals surface area contributed by atoms with E-state index >= 15 is 0 Å². The highest BCUT2D eigenvalue weighted by atomic mass is 16.6. The van der Waals surface area contributed by atoms with E-state index in [9.17, 15) is 4.79 Å². The molecule has 2 N–H and O–H groups in total. The van der Waals surface area contributed by atoms with Gasteiger partial charge in [0, 0.05) is 19.7 Å². The van der Waals surface area contributed by atoms with Crippen LogP contribution in [0.2, 0.25) is 0 Å². The molecule has 0 rings (SSSR count). The van der Waals surface area contributed by atoms with Crippen LogP contribution in [-0.4, -0.2) is 44.0 Å². The molecule has 0 bridgehead atoms. The molecule has 0 heterocycles. The molecule has 0 aliphatic carbocycles. The molecule has 0 aliphatic rings. The van der Waals surface area contributed by atoms with Crippen molar-refractivity contribution >= 4 is 6.09 Å². The summed E-state index contributed by atoms with van der Waals surface area (Å²) in [4.78, 5) is 11.3. The van der Waals surface area contributed by atoms with Crippen LogP contribution < -0.4 is 10.6 Å². The summed E-state index contributed by atoms with van der Waals surface area (Å²) < 4.78 is 10.6. The Balaban J connectivity index is 3.25. The van der Waals surface area contributed by atoms with E-state index in [1.54, 1.807) is 0 Å². The monoisotopic (exact) mass is 274 g/mol. The van der Waals surface area contributed by atoms with Gasteiger partial charge in [-0.3, -0.25) is 0 Å². The smallest absolute Gasteiger partial charge is 0.407 e. The lowest BCUT2D eigenvalue weighted by molar-refractivity contribution is 0.0528. The average Bonchev–Trinajstić information content (AvgIpc) is 2.24. The maximum absolute atomic E-state index is 11.3. The number of carbonyl (C=O) groups excluding carboxylic acids is 1. The second-order valence-electron chi connectivity index (χ2n) is 5.81. The summed E-state index contributed by atoms with van der Waals surface area (Å²) >= 11 is 0. The van der Waals surface area contributed by atoms with Crippen LogP contribution in [0.1, 0.15) is 47.5 Å². The van der Waals surface area contributed by atoms with E-state index in [-0.39, 0.29) is 6.09 Å². The van der Waals surface area contributed by atoms with Gasteiger partial charge in [0.25, 0.3) is 0 Å². The zero-order valence-electron chi connectivity index (χ0n) is 13.0. The molecule has 0 radical (unpaired) electrons. The Morgan fingerprint density at radius 3 is 2.37 bits per heavy atom. The molecule has 0 saturated heterocycles. The summed E-state index contributed by atoms with van der Waals surface area (Å²) in [6.07, 6.45) is 2.09. The first-order valence-corrected chi connectivity index (χ1v) is 7.10. The number of nitrogens with one attached hydrogen (secondary N) is 2. The number of hydrogen-bond donors (Lipinski definition) is 2. The predicted octanol–water partition coefficient (Wildman–Crippen LogP) is 2.31. The highest BCUT2D eigenvalue weighted by Gasteiger charge is 2.15. The van der Waals surface area contributed by atoms with E-state index in [0.717, 1.165) is 32.5 Å². The molecule has 114 valence electrons. The van der Waals surface area contributed by atoms with Crippen LogP contribution in [-0.2, 0) is 9.47 Å². The third-order valence-corrected chi connectivity index (χ3v) is 2.17. The largest absolute Gasteiger partial charge is 0.444 e. The molecule has 19 heavy (non-hydrogen) atoms. The van der Waals surface area contributed by atoms with E-state index in [0.29, 0.717) is 12.6 Å². The van der Waals surface area contributed by atoms with Gasteiger partial charge in [0.2, 0.25) is 0 Å². The highest BCUT2D eigenvalue weighted by Crippen LogP contribution is 2.05. The molecule has 0 aromatic rings. The van der Waals surface area contributed by atoms with Crippen molar-refractivity contribution in [3.63, 3.8) is 0 Å². The molecular formula is C14H30N2O3. The van der Waals surface area contributed by atoms with E-state index in [1.165, 1.54) is 0 Å². The van der Waals surface area contributed by atoms with Gasteiger partial charge in [-0.1, -0.05) is 0 Å². The number of rotatable bonds is 9. The number of amides is 1. The Bertz CT molecular complexity index is 237. The van der Waals surface area contributed by atoms with Gasteiger partial charge < -0.3 is 20.1 Å². The van der Waals surface area contributed by atoms with Gasteiger partial charge in [-0.25, -0.2) is 4.79 Å². The molecule has 0 aromatic carbocycles. The van der Waals surface area contributed by atoms with Crippen LogP contribution in [0.4, 0.5) is 4.79 Å². The van der Waals surface area contributed by atoms with Crippen LogP contribution in [0.5, 0.6) is 0 Å². The zero-order chi connectivity index (χ0) is 14.7. The van der Waals surface area contributed by atoms with Gasteiger partial charge in [0.1, 0.15) is 5.60 Å². The first-order valence-electron chi connectivity index (χ1n) is 7.10. The fourth-order valence-corrected chi connectivity index (χ4v) is 1.36. The minimum atomic E-state index is -0.437. The lowest BCUT2D eigenvalue weighted by Gasteiger charge is -2.19. The van der Waals surface area contributed by atoms with Crippen molar-refractivity contribution in [3.8, 4) is 0 Å². The molecule has 1 amide bonds. The number of alkyl carbamates (subject to hydrolysis) is 1. The molecule has 0 atom stereocenters. The summed E-state index contributed by atoms with van der Waals surface area (Å²) in [5.41, 5.74) is -0.437. The second-order valence-corrected chi connectivity index (χ2v) is 5.81. The van der Waals surface area contributed by atoms with E-state index in [1.807, 2.05) is 34.6 Å². The minimum absolute atomic E-state index is 0.311. The lowest BCUT2D eigenvalue weighted by Crippen LogP contribution is -2.36. The van der Waals surface area contributed by atoms with Gasteiger partial charge in [-0.15, -0.1) is 0 Å². The van der Waals surface area contributed by atoms with Crippen molar-refractivity contribution in [2.75, 3.05) is 26.2 Å². The topological polar surface area (TPSA) is 59.6 Å².